The Hall–Kier alpha value is -1.25. The van der Waals surface area contributed by atoms with Gasteiger partial charge in [0.05, 0.1) is 0 Å². The van der Waals surface area contributed by atoms with Crippen LogP contribution in [-0.2, 0) is 23.0 Å². The van der Waals surface area contributed by atoms with E-state index >= 15 is 0 Å². The van der Waals surface area contributed by atoms with Gasteiger partial charge < -0.3 is 0 Å². The van der Waals surface area contributed by atoms with Crippen LogP contribution in [0.15, 0.2) is 60.7 Å². The van der Waals surface area contributed by atoms with Gasteiger partial charge in [-0.3, -0.25) is 0 Å². The third-order valence-electron chi connectivity index (χ3n) is 6.80. The molecule has 0 aromatic heterocycles. The van der Waals surface area contributed by atoms with Gasteiger partial charge in [-0.15, -0.1) is 69.1 Å². The molecule has 0 spiro atoms. The van der Waals surface area contributed by atoms with E-state index in [1.807, 2.05) is 0 Å². The largest absolute Gasteiger partial charge is 0.165 e. The van der Waals surface area contributed by atoms with Crippen LogP contribution in [0.1, 0.15) is 86.0 Å². The molecule has 1 radical (unpaired) electrons. The monoisotopic (exact) mass is 617 g/mol. The molecule has 2 aliphatic rings. The molecule has 0 unspecified atom stereocenters. The van der Waals surface area contributed by atoms with E-state index in [0.717, 1.165) is 11.8 Å². The van der Waals surface area contributed by atoms with E-state index in [9.17, 15) is 0 Å². The standard InChI is InChI=1S/2C13H13.C5H11Si.Hf/c2*1-9-7-11-3-2-4-12(10-5-6-10)13(11)8-9;1-2-3-4-5-6;/h2*2-4,7-8,10H,5-6H2,1H3;2-5H2,1H3;/q2*-1;;+2. The zero-order valence-corrected chi connectivity index (χ0v) is 25.2. The van der Waals surface area contributed by atoms with E-state index in [2.05, 4.69) is 81.4 Å². The Kier molecular flexibility index (Phi) is 8.99. The average Bonchev–Trinajstić information content (AvgIpc) is 3.73. The number of benzene rings is 2. The number of aryl methyl sites for hydroxylation is 2. The predicted molar refractivity (Wildman–Crippen MR) is 143 cm³/mol. The second kappa shape index (κ2) is 11.9. The first-order chi connectivity index (χ1) is 16.1. The minimum absolute atomic E-state index is 0.866. The SMILES string of the molecule is CCCCC[Si]=[Hf+2].Cc1cc2c(C3CC3)cccc2[cH-]1.Cc1cc2c(C3CC3)cccc2[cH-]1. The molecule has 169 valence electrons. The number of unbranched alkanes of at least 4 members (excludes halogenated alkanes) is 2. The number of hydrogen-bond donors (Lipinski definition) is 0. The van der Waals surface area contributed by atoms with Crippen LogP contribution < -0.4 is 0 Å². The summed E-state index contributed by atoms with van der Waals surface area (Å²) in [5, 5.41) is 5.81. The molecule has 0 saturated heterocycles. The van der Waals surface area contributed by atoms with Crippen molar-refractivity contribution in [2.24, 2.45) is 0 Å². The molecule has 2 heteroatoms. The third-order valence-corrected chi connectivity index (χ3v) is 10.1. The molecule has 4 aromatic rings. The minimum Gasteiger partial charge on any atom is -0.165 e. The summed E-state index contributed by atoms with van der Waals surface area (Å²) in [5.74, 6) is 1.73. The van der Waals surface area contributed by atoms with Crippen molar-refractivity contribution in [3.63, 3.8) is 0 Å². The number of fused-ring (bicyclic) bond motifs is 2. The Morgan fingerprint density at radius 1 is 0.788 bits per heavy atom. The zero-order valence-electron chi connectivity index (χ0n) is 20.6. The van der Waals surface area contributed by atoms with E-state index in [1.54, 1.807) is 11.1 Å². The molecule has 0 amide bonds. The van der Waals surface area contributed by atoms with Crippen molar-refractivity contribution in [2.45, 2.75) is 83.6 Å². The van der Waals surface area contributed by atoms with Crippen molar-refractivity contribution in [3.05, 3.63) is 82.9 Å². The Morgan fingerprint density at radius 2 is 1.27 bits per heavy atom. The Balaban J connectivity index is 0.000000125. The topological polar surface area (TPSA) is 0 Å². The smallest absolute Gasteiger partial charge is 0.0251 e. The molecule has 0 N–H and O–H groups in total. The fraction of sp³-hybridized carbons (Fsp3) is 0.419. The summed E-state index contributed by atoms with van der Waals surface area (Å²) in [7, 11) is 0. The van der Waals surface area contributed by atoms with E-state index in [1.165, 1.54) is 113 Å². The summed E-state index contributed by atoms with van der Waals surface area (Å²) in [6, 6.07) is 24.1. The summed E-state index contributed by atoms with van der Waals surface area (Å²) < 4.78 is 0. The summed E-state index contributed by atoms with van der Waals surface area (Å²) in [5.41, 5.74) is 5.93. The molecule has 2 fully saturated rings. The second-order valence-electron chi connectivity index (χ2n) is 9.95. The fourth-order valence-corrected chi connectivity index (χ4v) is 7.11. The van der Waals surface area contributed by atoms with Gasteiger partial charge >= 0.3 is 61.4 Å². The molecule has 6 rings (SSSR count). The van der Waals surface area contributed by atoms with Gasteiger partial charge in [-0.25, -0.2) is 0 Å². The average molecular weight is 616 g/mol. The van der Waals surface area contributed by atoms with Gasteiger partial charge in [-0.05, 0) is 37.5 Å². The molecule has 0 atom stereocenters. The van der Waals surface area contributed by atoms with Crippen molar-refractivity contribution < 1.29 is 23.0 Å². The molecule has 2 saturated carbocycles. The van der Waals surface area contributed by atoms with Crippen molar-refractivity contribution in [1.29, 1.82) is 0 Å². The van der Waals surface area contributed by atoms with Crippen molar-refractivity contribution in [1.82, 2.24) is 0 Å². The molecule has 0 heterocycles. The van der Waals surface area contributed by atoms with Crippen LogP contribution in [0, 0.1) is 13.8 Å². The molecule has 0 aliphatic heterocycles. The number of hydrogen-bond acceptors (Lipinski definition) is 0. The van der Waals surface area contributed by atoms with Crippen molar-refractivity contribution in [2.75, 3.05) is 0 Å². The normalized spacial score (nSPS) is 15.1. The quantitative estimate of drug-likeness (QED) is 0.115. The van der Waals surface area contributed by atoms with Crippen LogP contribution in [0.25, 0.3) is 21.5 Å². The Morgan fingerprint density at radius 3 is 1.67 bits per heavy atom. The van der Waals surface area contributed by atoms with Crippen LogP contribution in [0.3, 0.4) is 0 Å². The van der Waals surface area contributed by atoms with Gasteiger partial charge in [-0.1, -0.05) is 37.1 Å². The minimum atomic E-state index is 0.866. The predicted octanol–water partition coefficient (Wildman–Crippen LogP) is 9.25. The molecule has 4 aromatic carbocycles. The van der Waals surface area contributed by atoms with Crippen LogP contribution in [0.5, 0.6) is 0 Å². The van der Waals surface area contributed by atoms with E-state index < -0.39 is 0 Å². The molecule has 2 aliphatic carbocycles. The van der Waals surface area contributed by atoms with Gasteiger partial charge in [0, 0.05) is 0 Å². The first-order valence-corrected chi connectivity index (χ1v) is 19.4. The van der Waals surface area contributed by atoms with E-state index in [4.69, 9.17) is 0 Å². The zero-order chi connectivity index (χ0) is 23.2. The summed E-state index contributed by atoms with van der Waals surface area (Å²) in [6.07, 6.45) is 11.2. The van der Waals surface area contributed by atoms with Crippen LogP contribution in [0.2, 0.25) is 6.04 Å². The van der Waals surface area contributed by atoms with Gasteiger partial charge in [0.25, 0.3) is 0 Å². The van der Waals surface area contributed by atoms with Gasteiger partial charge in [0.2, 0.25) is 0 Å². The second-order valence-corrected chi connectivity index (χ2v) is 14.6. The summed E-state index contributed by atoms with van der Waals surface area (Å²) >= 11 is 1.43. The molecule has 0 nitrogen and oxygen atoms in total. The van der Waals surface area contributed by atoms with Crippen LogP contribution in [0.4, 0.5) is 0 Å². The molecule has 33 heavy (non-hydrogen) atoms. The Labute approximate surface area is 216 Å². The van der Waals surface area contributed by atoms with Crippen molar-refractivity contribution in [3.8, 4) is 0 Å². The van der Waals surface area contributed by atoms with Crippen molar-refractivity contribution >= 4 is 27.8 Å². The number of rotatable bonds is 6. The summed E-state index contributed by atoms with van der Waals surface area (Å²) in [6.45, 7) is 6.61. The summed E-state index contributed by atoms with van der Waals surface area (Å²) in [4.78, 5) is 0. The maximum absolute atomic E-state index is 2.32. The Bertz CT molecular complexity index is 1100. The fourth-order valence-electron chi connectivity index (χ4n) is 4.78. The van der Waals surface area contributed by atoms with Gasteiger partial charge in [0.1, 0.15) is 0 Å². The first kappa shape index (κ1) is 24.9. The van der Waals surface area contributed by atoms with E-state index in [0.29, 0.717) is 0 Å². The third kappa shape index (κ3) is 6.89. The van der Waals surface area contributed by atoms with Gasteiger partial charge in [-0.2, -0.15) is 12.1 Å². The van der Waals surface area contributed by atoms with Gasteiger partial charge in [0.15, 0.2) is 0 Å². The van der Waals surface area contributed by atoms with Crippen LogP contribution >= 0.6 is 0 Å². The molecular weight excluding hydrogens is 579 g/mol. The molecule has 0 bridgehead atoms. The first-order valence-electron chi connectivity index (χ1n) is 12.8. The van der Waals surface area contributed by atoms with E-state index in [-0.39, 0.29) is 0 Å². The van der Waals surface area contributed by atoms with Crippen LogP contribution in [-0.4, -0.2) is 6.22 Å². The maximum atomic E-state index is 2.32. The molecular formula is C31H37HfSi. The maximum Gasteiger partial charge on any atom is -0.0251 e.